The minimum absolute atomic E-state index is 0.127. The smallest absolute Gasteiger partial charge is 0.367 e. The summed E-state index contributed by atoms with van der Waals surface area (Å²) in [6, 6.07) is 6.36. The van der Waals surface area contributed by atoms with Crippen LogP contribution in [0.2, 0.25) is 0 Å². The molecule has 5 heteroatoms. The minimum Gasteiger partial charge on any atom is -0.367 e. The second-order valence-corrected chi connectivity index (χ2v) is 4.40. The van der Waals surface area contributed by atoms with Crippen LogP contribution in [0, 0.1) is 0 Å². The van der Waals surface area contributed by atoms with Crippen molar-refractivity contribution in [1.82, 2.24) is 0 Å². The predicted molar refractivity (Wildman–Crippen MR) is 57.3 cm³/mol. The van der Waals surface area contributed by atoms with Gasteiger partial charge in [0.2, 0.25) is 0 Å². The fourth-order valence-electron chi connectivity index (χ4n) is 2.02. The summed E-state index contributed by atoms with van der Waals surface area (Å²) in [6.07, 6.45) is -4.88. The van der Waals surface area contributed by atoms with Gasteiger partial charge in [0.25, 0.3) is 0 Å². The summed E-state index contributed by atoms with van der Waals surface area (Å²) in [4.78, 5) is 0. The van der Waals surface area contributed by atoms with Crippen LogP contribution >= 0.6 is 0 Å². The van der Waals surface area contributed by atoms with E-state index in [1.54, 1.807) is 18.2 Å². The van der Waals surface area contributed by atoms with Crippen LogP contribution in [-0.4, -0.2) is 13.3 Å². The molecule has 0 radical (unpaired) electrons. The van der Waals surface area contributed by atoms with E-state index in [0.29, 0.717) is 5.56 Å². The van der Waals surface area contributed by atoms with E-state index in [9.17, 15) is 13.2 Å². The number of hydrogen-bond donors (Lipinski definition) is 1. The summed E-state index contributed by atoms with van der Waals surface area (Å²) in [5.74, 6) is 0. The van der Waals surface area contributed by atoms with Crippen LogP contribution in [0.5, 0.6) is 0 Å². The van der Waals surface area contributed by atoms with Crippen LogP contribution in [0.3, 0.4) is 0 Å². The molecule has 1 aliphatic carbocycles. The number of ether oxygens (including phenoxy) is 1. The van der Waals surface area contributed by atoms with Crippen molar-refractivity contribution in [3.8, 4) is 0 Å². The van der Waals surface area contributed by atoms with E-state index < -0.39 is 17.8 Å². The molecule has 1 unspecified atom stereocenters. The van der Waals surface area contributed by atoms with E-state index in [4.69, 9.17) is 5.73 Å². The van der Waals surface area contributed by atoms with E-state index in [-0.39, 0.29) is 5.56 Å². The van der Waals surface area contributed by atoms with E-state index in [0.717, 1.165) is 20.0 Å². The molecule has 1 aromatic rings. The van der Waals surface area contributed by atoms with Gasteiger partial charge in [0.05, 0.1) is 0 Å². The lowest BCUT2D eigenvalue weighted by Crippen LogP contribution is -2.28. The Balaban J connectivity index is 2.44. The summed E-state index contributed by atoms with van der Waals surface area (Å²) in [6.45, 7) is 0. The van der Waals surface area contributed by atoms with Crippen LogP contribution in [0.15, 0.2) is 24.3 Å². The van der Waals surface area contributed by atoms with Crippen molar-refractivity contribution in [3.05, 3.63) is 35.4 Å². The van der Waals surface area contributed by atoms with E-state index in [1.165, 1.54) is 6.07 Å². The number of benzene rings is 1. The van der Waals surface area contributed by atoms with Gasteiger partial charge >= 0.3 is 6.18 Å². The molecule has 1 aliphatic rings. The van der Waals surface area contributed by atoms with Crippen molar-refractivity contribution in [3.63, 3.8) is 0 Å². The van der Waals surface area contributed by atoms with Crippen molar-refractivity contribution in [1.29, 1.82) is 0 Å². The topological polar surface area (TPSA) is 35.2 Å². The maximum atomic E-state index is 12.8. The zero-order valence-corrected chi connectivity index (χ0v) is 9.42. The molecule has 0 spiro atoms. The molecule has 0 heterocycles. The molecule has 0 saturated heterocycles. The monoisotopic (exact) mass is 245 g/mol. The molecule has 0 bridgehead atoms. The van der Waals surface area contributed by atoms with Crippen LogP contribution in [0.4, 0.5) is 13.2 Å². The fourth-order valence-corrected chi connectivity index (χ4v) is 2.02. The van der Waals surface area contributed by atoms with E-state index in [2.05, 4.69) is 4.74 Å². The standard InChI is InChI=1S/C12H14F3NO/c1-17-10(12(13,14)15)8-4-2-3-5-9(8)11(16)6-7-11/h2-5,10H,6-7,16H2,1H3. The van der Waals surface area contributed by atoms with Crippen molar-refractivity contribution in [2.75, 3.05) is 7.11 Å². The first kappa shape index (κ1) is 12.4. The Labute approximate surface area is 97.6 Å². The van der Waals surface area contributed by atoms with Crippen LogP contribution in [0.25, 0.3) is 0 Å². The summed E-state index contributed by atoms with van der Waals surface area (Å²) >= 11 is 0. The zero-order valence-electron chi connectivity index (χ0n) is 9.42. The highest BCUT2D eigenvalue weighted by molar-refractivity contribution is 5.39. The average molecular weight is 245 g/mol. The number of rotatable bonds is 3. The van der Waals surface area contributed by atoms with Gasteiger partial charge in [-0.15, -0.1) is 0 Å². The quantitative estimate of drug-likeness (QED) is 0.888. The van der Waals surface area contributed by atoms with Gasteiger partial charge in [-0.25, -0.2) is 0 Å². The summed E-state index contributed by atoms with van der Waals surface area (Å²) in [5, 5.41) is 0. The van der Waals surface area contributed by atoms with Crippen molar-refractivity contribution in [2.45, 2.75) is 30.7 Å². The third-order valence-corrected chi connectivity index (χ3v) is 3.10. The van der Waals surface area contributed by atoms with Gasteiger partial charge in [-0.05, 0) is 24.0 Å². The van der Waals surface area contributed by atoms with Gasteiger partial charge in [0, 0.05) is 12.6 Å². The fraction of sp³-hybridized carbons (Fsp3) is 0.500. The first-order valence-electron chi connectivity index (χ1n) is 5.36. The molecule has 1 fully saturated rings. The first-order chi connectivity index (χ1) is 7.88. The lowest BCUT2D eigenvalue weighted by Gasteiger charge is -2.24. The molecule has 0 aromatic heterocycles. The van der Waals surface area contributed by atoms with Crippen LogP contribution < -0.4 is 5.73 Å². The summed E-state index contributed by atoms with van der Waals surface area (Å²) < 4.78 is 43.1. The summed E-state index contributed by atoms with van der Waals surface area (Å²) in [5.41, 5.74) is 6.06. The van der Waals surface area contributed by atoms with Crippen molar-refractivity contribution in [2.24, 2.45) is 5.73 Å². The van der Waals surface area contributed by atoms with Crippen molar-refractivity contribution >= 4 is 0 Å². The molecular formula is C12H14F3NO. The van der Waals surface area contributed by atoms with E-state index in [1.807, 2.05) is 0 Å². The maximum Gasteiger partial charge on any atom is 0.418 e. The molecule has 1 aromatic carbocycles. The Morgan fingerprint density at radius 1 is 1.29 bits per heavy atom. The predicted octanol–water partition coefficient (Wildman–Crippen LogP) is 2.88. The number of alkyl halides is 3. The number of nitrogens with two attached hydrogens (primary N) is 1. The highest BCUT2D eigenvalue weighted by Gasteiger charge is 2.47. The first-order valence-corrected chi connectivity index (χ1v) is 5.36. The molecule has 0 amide bonds. The van der Waals surface area contributed by atoms with Gasteiger partial charge in [-0.1, -0.05) is 24.3 Å². The molecule has 0 aliphatic heterocycles. The Morgan fingerprint density at radius 2 is 1.88 bits per heavy atom. The second kappa shape index (κ2) is 3.99. The number of halogens is 3. The van der Waals surface area contributed by atoms with Crippen molar-refractivity contribution < 1.29 is 17.9 Å². The van der Waals surface area contributed by atoms with Crippen LogP contribution in [0.1, 0.15) is 30.1 Å². The third-order valence-electron chi connectivity index (χ3n) is 3.10. The van der Waals surface area contributed by atoms with E-state index >= 15 is 0 Å². The van der Waals surface area contributed by atoms with Gasteiger partial charge in [-0.2, -0.15) is 13.2 Å². The normalized spacial score (nSPS) is 20.1. The highest BCUT2D eigenvalue weighted by Crippen LogP contribution is 2.47. The lowest BCUT2D eigenvalue weighted by atomic mass is 9.95. The Bertz CT molecular complexity index is 412. The second-order valence-electron chi connectivity index (χ2n) is 4.40. The van der Waals surface area contributed by atoms with Gasteiger partial charge in [0.1, 0.15) is 0 Å². The summed E-state index contributed by atoms with van der Waals surface area (Å²) in [7, 11) is 1.06. The van der Waals surface area contributed by atoms with Gasteiger partial charge < -0.3 is 10.5 Å². The Hall–Kier alpha value is -1.07. The average Bonchev–Trinajstić information content (AvgIpc) is 2.97. The minimum atomic E-state index is -4.42. The molecule has 2 nitrogen and oxygen atoms in total. The number of hydrogen-bond acceptors (Lipinski definition) is 2. The lowest BCUT2D eigenvalue weighted by molar-refractivity contribution is -0.216. The number of methoxy groups -OCH3 is 1. The SMILES string of the molecule is COC(c1ccccc1C1(N)CC1)C(F)(F)F. The molecular weight excluding hydrogens is 231 g/mol. The third kappa shape index (κ3) is 2.30. The molecule has 2 N–H and O–H groups in total. The van der Waals surface area contributed by atoms with Gasteiger partial charge in [-0.3, -0.25) is 0 Å². The highest BCUT2D eigenvalue weighted by atomic mass is 19.4. The van der Waals surface area contributed by atoms with Crippen LogP contribution in [-0.2, 0) is 10.3 Å². The Kier molecular flexibility index (Phi) is 2.91. The largest absolute Gasteiger partial charge is 0.418 e. The molecule has 1 saturated carbocycles. The molecule has 1 atom stereocenters. The maximum absolute atomic E-state index is 12.8. The van der Waals surface area contributed by atoms with Gasteiger partial charge in [0.15, 0.2) is 6.10 Å². The molecule has 2 rings (SSSR count). The molecule has 94 valence electrons. The zero-order chi connectivity index (χ0) is 12.7. The Morgan fingerprint density at radius 3 is 2.35 bits per heavy atom. The molecule has 17 heavy (non-hydrogen) atoms.